The third-order valence-corrected chi connectivity index (χ3v) is 7.14. The molecule has 4 rings (SSSR count). The van der Waals surface area contributed by atoms with Crippen molar-refractivity contribution >= 4 is 10.8 Å². The van der Waals surface area contributed by atoms with E-state index in [4.69, 9.17) is 14.2 Å². The Balaban J connectivity index is 1.22. The van der Waals surface area contributed by atoms with Crippen molar-refractivity contribution in [2.75, 3.05) is 19.8 Å². The number of hydrogen-bond acceptors (Lipinski definition) is 4. The van der Waals surface area contributed by atoms with Gasteiger partial charge in [0.15, 0.2) is 6.29 Å². The first-order chi connectivity index (χ1) is 19.0. The first kappa shape index (κ1) is 29.4. The maximum Gasteiger partial charge on any atom is 0.387 e. The molecule has 3 aromatic rings. The van der Waals surface area contributed by atoms with E-state index in [1.807, 2.05) is 30.3 Å². The van der Waals surface area contributed by atoms with Crippen LogP contribution in [0.2, 0.25) is 0 Å². The molecule has 0 spiro atoms. The molecule has 1 heterocycles. The zero-order valence-electron chi connectivity index (χ0n) is 22.7. The van der Waals surface area contributed by atoms with E-state index in [9.17, 15) is 8.78 Å². The van der Waals surface area contributed by atoms with Crippen molar-refractivity contribution in [1.82, 2.24) is 0 Å². The molecule has 0 aliphatic carbocycles. The number of benzene rings is 3. The molecule has 39 heavy (non-hydrogen) atoms. The van der Waals surface area contributed by atoms with Crippen molar-refractivity contribution in [2.45, 2.75) is 83.7 Å². The Hall–Kier alpha value is -2.61. The van der Waals surface area contributed by atoms with Crippen molar-refractivity contribution in [3.8, 4) is 5.75 Å². The number of alkyl halides is 2. The molecule has 1 aliphatic heterocycles. The van der Waals surface area contributed by atoms with Gasteiger partial charge in [-0.05, 0) is 59.9 Å². The standard InChI is InChI=1S/C32H39F3O4/c1-2-3-4-5-6-19-36-28-21-37-30(38-22-28)18-11-24-10-17-29-26(20-24)14-13-25(31(29)33)12-7-23-8-15-27(16-9-23)39-32(34)35/h8-10,13-17,20,28,30,32H,2-7,11-12,18-19,21-22H2,1H3. The van der Waals surface area contributed by atoms with Gasteiger partial charge in [0.1, 0.15) is 17.7 Å². The van der Waals surface area contributed by atoms with Crippen LogP contribution in [0.3, 0.4) is 0 Å². The van der Waals surface area contributed by atoms with Gasteiger partial charge >= 0.3 is 6.61 Å². The molecular formula is C32H39F3O4. The summed E-state index contributed by atoms with van der Waals surface area (Å²) in [6, 6.07) is 16.1. The summed E-state index contributed by atoms with van der Waals surface area (Å²) in [6.07, 6.45) is 8.46. The van der Waals surface area contributed by atoms with Crippen LogP contribution in [0.1, 0.15) is 62.1 Å². The number of fused-ring (bicyclic) bond motifs is 1. The second-order valence-corrected chi connectivity index (χ2v) is 10.2. The molecule has 1 aliphatic rings. The maximum atomic E-state index is 15.2. The minimum atomic E-state index is -2.85. The Morgan fingerprint density at radius 3 is 2.33 bits per heavy atom. The molecule has 3 aromatic carbocycles. The van der Waals surface area contributed by atoms with E-state index in [0.29, 0.717) is 37.0 Å². The van der Waals surface area contributed by atoms with Gasteiger partial charge in [-0.25, -0.2) is 4.39 Å². The molecule has 0 atom stereocenters. The molecule has 1 fully saturated rings. The fraction of sp³-hybridized carbons (Fsp3) is 0.500. The minimum Gasteiger partial charge on any atom is -0.435 e. The zero-order valence-corrected chi connectivity index (χ0v) is 22.7. The van der Waals surface area contributed by atoms with Gasteiger partial charge < -0.3 is 18.9 Å². The Bertz CT molecular complexity index is 1140. The van der Waals surface area contributed by atoms with Crippen LogP contribution in [0.4, 0.5) is 13.2 Å². The molecule has 1 saturated heterocycles. The summed E-state index contributed by atoms with van der Waals surface area (Å²) in [7, 11) is 0. The third kappa shape index (κ3) is 9.23. The molecule has 0 saturated carbocycles. The van der Waals surface area contributed by atoms with Crippen LogP contribution in [0, 0.1) is 5.82 Å². The van der Waals surface area contributed by atoms with Crippen LogP contribution >= 0.6 is 0 Å². The van der Waals surface area contributed by atoms with E-state index < -0.39 is 6.61 Å². The van der Waals surface area contributed by atoms with Crippen molar-refractivity contribution < 1.29 is 32.1 Å². The van der Waals surface area contributed by atoms with Gasteiger partial charge in [-0.15, -0.1) is 0 Å². The van der Waals surface area contributed by atoms with Gasteiger partial charge in [0, 0.05) is 18.4 Å². The monoisotopic (exact) mass is 544 g/mol. The van der Waals surface area contributed by atoms with Crippen molar-refractivity contribution in [1.29, 1.82) is 0 Å². The number of aryl methyl sites for hydroxylation is 3. The summed E-state index contributed by atoms with van der Waals surface area (Å²) in [4.78, 5) is 0. The van der Waals surface area contributed by atoms with Crippen molar-refractivity contribution in [3.63, 3.8) is 0 Å². The fourth-order valence-corrected chi connectivity index (χ4v) is 4.88. The number of hydrogen-bond donors (Lipinski definition) is 0. The number of ether oxygens (including phenoxy) is 4. The Morgan fingerprint density at radius 2 is 1.59 bits per heavy atom. The molecular weight excluding hydrogens is 505 g/mol. The lowest BCUT2D eigenvalue weighted by Crippen LogP contribution is -2.37. The summed E-state index contributed by atoms with van der Waals surface area (Å²) < 4.78 is 61.9. The summed E-state index contributed by atoms with van der Waals surface area (Å²) in [5.41, 5.74) is 2.67. The SMILES string of the molecule is CCCCCCCOC1COC(CCc2ccc3c(F)c(CCc4ccc(OC(F)F)cc4)ccc3c2)OC1. The van der Waals surface area contributed by atoms with Crippen molar-refractivity contribution in [2.24, 2.45) is 0 Å². The highest BCUT2D eigenvalue weighted by atomic mass is 19.3. The average Bonchev–Trinajstić information content (AvgIpc) is 2.94. The van der Waals surface area contributed by atoms with Gasteiger partial charge in [-0.1, -0.05) is 75.1 Å². The molecule has 7 heteroatoms. The van der Waals surface area contributed by atoms with E-state index in [1.165, 1.54) is 37.8 Å². The van der Waals surface area contributed by atoms with E-state index in [-0.39, 0.29) is 24.0 Å². The second kappa shape index (κ2) is 15.2. The lowest BCUT2D eigenvalue weighted by atomic mass is 9.98. The second-order valence-electron chi connectivity index (χ2n) is 10.2. The molecule has 212 valence electrons. The summed E-state index contributed by atoms with van der Waals surface area (Å²) in [5.74, 6) is -0.100. The van der Waals surface area contributed by atoms with E-state index in [0.717, 1.165) is 42.4 Å². The molecule has 0 N–H and O–H groups in total. The molecule has 0 amide bonds. The molecule has 0 radical (unpaired) electrons. The Labute approximate surface area is 229 Å². The van der Waals surface area contributed by atoms with E-state index >= 15 is 4.39 Å². The first-order valence-corrected chi connectivity index (χ1v) is 14.1. The molecule has 0 bridgehead atoms. The Morgan fingerprint density at radius 1 is 0.846 bits per heavy atom. The highest BCUT2D eigenvalue weighted by Gasteiger charge is 2.22. The summed E-state index contributed by atoms with van der Waals surface area (Å²) in [5, 5.41) is 1.46. The number of unbranched alkanes of at least 4 members (excludes halogenated alkanes) is 4. The molecule has 4 nitrogen and oxygen atoms in total. The van der Waals surface area contributed by atoms with Gasteiger partial charge in [0.25, 0.3) is 0 Å². The zero-order chi connectivity index (χ0) is 27.5. The van der Waals surface area contributed by atoms with Gasteiger partial charge in [-0.3, -0.25) is 0 Å². The van der Waals surface area contributed by atoms with Crippen LogP contribution in [0.15, 0.2) is 54.6 Å². The lowest BCUT2D eigenvalue weighted by Gasteiger charge is -2.29. The predicted molar refractivity (Wildman–Crippen MR) is 147 cm³/mol. The summed E-state index contributed by atoms with van der Waals surface area (Å²) in [6.45, 7) is 1.23. The third-order valence-electron chi connectivity index (χ3n) is 7.14. The van der Waals surface area contributed by atoms with Crippen LogP contribution in [0.5, 0.6) is 5.75 Å². The normalized spacial score (nSPS) is 17.7. The van der Waals surface area contributed by atoms with E-state index in [2.05, 4.69) is 11.7 Å². The van der Waals surface area contributed by atoms with Crippen LogP contribution in [-0.2, 0) is 33.5 Å². The fourth-order valence-electron chi connectivity index (χ4n) is 4.88. The average molecular weight is 545 g/mol. The minimum absolute atomic E-state index is 0.00383. The van der Waals surface area contributed by atoms with Gasteiger partial charge in [0.2, 0.25) is 0 Å². The van der Waals surface area contributed by atoms with Crippen molar-refractivity contribution in [3.05, 3.63) is 77.1 Å². The predicted octanol–water partition coefficient (Wildman–Crippen LogP) is 8.03. The quantitative estimate of drug-likeness (QED) is 0.182. The largest absolute Gasteiger partial charge is 0.435 e. The van der Waals surface area contributed by atoms with Crippen LogP contribution in [-0.4, -0.2) is 38.8 Å². The van der Waals surface area contributed by atoms with Gasteiger partial charge in [-0.2, -0.15) is 8.78 Å². The number of halogens is 3. The van der Waals surface area contributed by atoms with E-state index in [1.54, 1.807) is 12.1 Å². The number of rotatable bonds is 15. The van der Waals surface area contributed by atoms with Gasteiger partial charge in [0.05, 0.1) is 13.2 Å². The molecule has 0 aromatic heterocycles. The Kier molecular flexibility index (Phi) is 11.5. The highest BCUT2D eigenvalue weighted by Crippen LogP contribution is 2.25. The van der Waals surface area contributed by atoms with Crippen LogP contribution in [0.25, 0.3) is 10.8 Å². The maximum absolute atomic E-state index is 15.2. The highest BCUT2D eigenvalue weighted by molar-refractivity contribution is 5.84. The van der Waals surface area contributed by atoms with Crippen LogP contribution < -0.4 is 4.74 Å². The smallest absolute Gasteiger partial charge is 0.387 e. The first-order valence-electron chi connectivity index (χ1n) is 14.1. The topological polar surface area (TPSA) is 36.9 Å². The lowest BCUT2D eigenvalue weighted by molar-refractivity contribution is -0.227. The summed E-state index contributed by atoms with van der Waals surface area (Å²) >= 11 is 0. The molecule has 0 unspecified atom stereocenters.